The summed E-state index contributed by atoms with van der Waals surface area (Å²) in [6.45, 7) is 6.29. The van der Waals surface area contributed by atoms with Crippen LogP contribution in [0.2, 0.25) is 0 Å². The molecule has 0 aromatic carbocycles. The second kappa shape index (κ2) is 7.02. The Morgan fingerprint density at radius 2 is 2.19 bits per heavy atom. The molecular weight excluding hydrogens is 270 g/mol. The van der Waals surface area contributed by atoms with E-state index in [0.29, 0.717) is 18.2 Å². The number of aromatic nitrogens is 3. The van der Waals surface area contributed by atoms with Crippen molar-refractivity contribution < 1.29 is 14.3 Å². The maximum absolute atomic E-state index is 12.0. The zero-order valence-electron chi connectivity index (χ0n) is 13.3. The molecule has 118 valence electrons. The van der Waals surface area contributed by atoms with Gasteiger partial charge in [0, 0.05) is 7.11 Å². The van der Waals surface area contributed by atoms with Crippen LogP contribution in [0, 0.1) is 12.8 Å². The van der Waals surface area contributed by atoms with Crippen molar-refractivity contribution in [3.63, 3.8) is 0 Å². The molecule has 0 amide bonds. The minimum absolute atomic E-state index is 0.253. The summed E-state index contributed by atoms with van der Waals surface area (Å²) in [7, 11) is 1.75. The minimum Gasteiger partial charge on any atom is -0.461 e. The summed E-state index contributed by atoms with van der Waals surface area (Å²) in [6, 6.07) is 0.253. The van der Waals surface area contributed by atoms with Crippen LogP contribution in [0.4, 0.5) is 0 Å². The lowest BCUT2D eigenvalue weighted by Gasteiger charge is -2.28. The SMILES string of the molecule is COC1CCCC(n2nnc(C(=O)OCC(C)C)c2C)C1. The molecule has 2 atom stereocenters. The lowest BCUT2D eigenvalue weighted by molar-refractivity contribution is 0.0450. The topological polar surface area (TPSA) is 66.2 Å². The minimum atomic E-state index is -0.383. The maximum Gasteiger partial charge on any atom is 0.360 e. The highest BCUT2D eigenvalue weighted by molar-refractivity contribution is 5.88. The predicted octanol–water partition coefficient (Wildman–Crippen LogP) is 2.53. The molecular formula is C15H25N3O3. The molecule has 0 bridgehead atoms. The average molecular weight is 295 g/mol. The Kier molecular flexibility index (Phi) is 5.33. The molecule has 2 rings (SSSR count). The Morgan fingerprint density at radius 3 is 2.86 bits per heavy atom. The summed E-state index contributed by atoms with van der Waals surface area (Å²) in [5, 5.41) is 8.18. The van der Waals surface area contributed by atoms with Crippen LogP contribution in [0.15, 0.2) is 0 Å². The number of methoxy groups -OCH3 is 1. The zero-order valence-corrected chi connectivity index (χ0v) is 13.3. The monoisotopic (exact) mass is 295 g/mol. The highest BCUT2D eigenvalue weighted by Gasteiger charge is 2.27. The van der Waals surface area contributed by atoms with E-state index in [9.17, 15) is 4.79 Å². The van der Waals surface area contributed by atoms with Crippen molar-refractivity contribution in [2.24, 2.45) is 5.92 Å². The molecule has 1 saturated carbocycles. The quantitative estimate of drug-likeness (QED) is 0.781. The summed E-state index contributed by atoms with van der Waals surface area (Å²) in [4.78, 5) is 12.0. The second-order valence-corrected chi connectivity index (χ2v) is 6.14. The van der Waals surface area contributed by atoms with Gasteiger partial charge in [0.15, 0.2) is 5.69 Å². The van der Waals surface area contributed by atoms with E-state index >= 15 is 0 Å². The summed E-state index contributed by atoms with van der Waals surface area (Å²) in [5.74, 6) is -0.0725. The normalized spacial score (nSPS) is 22.5. The number of esters is 1. The Morgan fingerprint density at radius 1 is 1.43 bits per heavy atom. The molecule has 0 spiro atoms. The fourth-order valence-corrected chi connectivity index (χ4v) is 2.74. The Bertz CT molecular complexity index is 485. The largest absolute Gasteiger partial charge is 0.461 e. The van der Waals surface area contributed by atoms with E-state index < -0.39 is 0 Å². The lowest BCUT2D eigenvalue weighted by Crippen LogP contribution is -2.25. The number of hydrogen-bond acceptors (Lipinski definition) is 5. The highest BCUT2D eigenvalue weighted by atomic mass is 16.5. The van der Waals surface area contributed by atoms with Gasteiger partial charge in [-0.15, -0.1) is 5.10 Å². The number of rotatable bonds is 5. The van der Waals surface area contributed by atoms with Crippen molar-refractivity contribution in [3.05, 3.63) is 11.4 Å². The van der Waals surface area contributed by atoms with Gasteiger partial charge in [0.25, 0.3) is 0 Å². The standard InChI is InChI=1S/C15H25N3O3/c1-10(2)9-21-15(19)14-11(3)18(17-16-14)12-6-5-7-13(8-12)20-4/h10,12-13H,5-9H2,1-4H3. The van der Waals surface area contributed by atoms with Crippen molar-refractivity contribution in [2.45, 2.75) is 58.6 Å². The van der Waals surface area contributed by atoms with Crippen molar-refractivity contribution in [3.8, 4) is 0 Å². The second-order valence-electron chi connectivity index (χ2n) is 6.14. The molecule has 6 heteroatoms. The van der Waals surface area contributed by atoms with Gasteiger partial charge in [0.2, 0.25) is 0 Å². The van der Waals surface area contributed by atoms with Crippen LogP contribution < -0.4 is 0 Å². The van der Waals surface area contributed by atoms with Crippen LogP contribution in [0.25, 0.3) is 0 Å². The van der Waals surface area contributed by atoms with E-state index in [1.807, 2.05) is 25.5 Å². The highest BCUT2D eigenvalue weighted by Crippen LogP contribution is 2.30. The fraction of sp³-hybridized carbons (Fsp3) is 0.800. The van der Waals surface area contributed by atoms with E-state index in [2.05, 4.69) is 10.3 Å². The van der Waals surface area contributed by atoms with Gasteiger partial charge in [-0.05, 0) is 38.5 Å². The van der Waals surface area contributed by atoms with Gasteiger partial charge >= 0.3 is 5.97 Å². The number of hydrogen-bond donors (Lipinski definition) is 0. The molecule has 1 fully saturated rings. The summed E-state index contributed by atoms with van der Waals surface area (Å²) in [5.41, 5.74) is 1.11. The Hall–Kier alpha value is -1.43. The first-order chi connectivity index (χ1) is 10.0. The molecule has 1 aliphatic rings. The molecule has 0 N–H and O–H groups in total. The smallest absolute Gasteiger partial charge is 0.360 e. The van der Waals surface area contributed by atoms with Crippen LogP contribution >= 0.6 is 0 Å². The Labute approximate surface area is 125 Å². The fourth-order valence-electron chi connectivity index (χ4n) is 2.74. The van der Waals surface area contributed by atoms with Gasteiger partial charge in [-0.3, -0.25) is 0 Å². The summed E-state index contributed by atoms with van der Waals surface area (Å²) >= 11 is 0. The van der Waals surface area contributed by atoms with Gasteiger partial charge in [-0.25, -0.2) is 9.48 Å². The molecule has 1 aromatic heterocycles. The predicted molar refractivity (Wildman–Crippen MR) is 78.2 cm³/mol. The van der Waals surface area contributed by atoms with Gasteiger partial charge in [-0.1, -0.05) is 19.1 Å². The molecule has 0 saturated heterocycles. The zero-order chi connectivity index (χ0) is 15.4. The van der Waals surface area contributed by atoms with E-state index in [1.54, 1.807) is 7.11 Å². The molecule has 6 nitrogen and oxygen atoms in total. The average Bonchev–Trinajstić information content (AvgIpc) is 2.86. The van der Waals surface area contributed by atoms with Crippen LogP contribution in [-0.2, 0) is 9.47 Å². The third-order valence-corrected chi connectivity index (χ3v) is 3.95. The van der Waals surface area contributed by atoms with Gasteiger partial charge in [0.05, 0.1) is 24.4 Å². The number of nitrogens with zero attached hydrogens (tertiary/aromatic N) is 3. The third kappa shape index (κ3) is 3.81. The van der Waals surface area contributed by atoms with Crippen LogP contribution in [0.5, 0.6) is 0 Å². The van der Waals surface area contributed by atoms with Crippen LogP contribution in [0.3, 0.4) is 0 Å². The third-order valence-electron chi connectivity index (χ3n) is 3.95. The van der Waals surface area contributed by atoms with Crippen LogP contribution in [0.1, 0.15) is 61.8 Å². The van der Waals surface area contributed by atoms with Gasteiger partial charge < -0.3 is 9.47 Å². The van der Waals surface area contributed by atoms with Crippen molar-refractivity contribution in [1.82, 2.24) is 15.0 Å². The van der Waals surface area contributed by atoms with E-state index in [4.69, 9.17) is 9.47 Å². The molecule has 2 unspecified atom stereocenters. The van der Waals surface area contributed by atoms with Crippen molar-refractivity contribution >= 4 is 5.97 Å². The number of carbonyl (C=O) groups excluding carboxylic acids is 1. The first-order valence-electron chi connectivity index (χ1n) is 7.64. The molecule has 1 heterocycles. The summed E-state index contributed by atoms with van der Waals surface area (Å²) < 4.78 is 12.5. The van der Waals surface area contributed by atoms with Crippen molar-refractivity contribution in [2.75, 3.05) is 13.7 Å². The van der Waals surface area contributed by atoms with E-state index in [1.165, 1.54) is 0 Å². The van der Waals surface area contributed by atoms with Gasteiger partial charge in [-0.2, -0.15) is 0 Å². The lowest BCUT2D eigenvalue weighted by atomic mass is 9.93. The molecule has 0 radical (unpaired) electrons. The first kappa shape index (κ1) is 15.9. The molecule has 0 aliphatic heterocycles. The van der Waals surface area contributed by atoms with Crippen LogP contribution in [-0.4, -0.2) is 40.8 Å². The Balaban J connectivity index is 2.07. The summed E-state index contributed by atoms with van der Waals surface area (Å²) in [6.07, 6.45) is 4.43. The van der Waals surface area contributed by atoms with Gasteiger partial charge in [0.1, 0.15) is 0 Å². The number of carbonyl (C=O) groups is 1. The number of ether oxygens (including phenoxy) is 2. The van der Waals surface area contributed by atoms with Crippen molar-refractivity contribution in [1.29, 1.82) is 0 Å². The molecule has 21 heavy (non-hydrogen) atoms. The maximum atomic E-state index is 12.0. The molecule has 1 aliphatic carbocycles. The van der Waals surface area contributed by atoms with E-state index in [-0.39, 0.29) is 18.1 Å². The molecule has 1 aromatic rings. The van der Waals surface area contributed by atoms with E-state index in [0.717, 1.165) is 31.4 Å². The first-order valence-corrected chi connectivity index (χ1v) is 7.64.